The zero-order chi connectivity index (χ0) is 14.0. The summed E-state index contributed by atoms with van der Waals surface area (Å²) in [6, 6.07) is 0. The molecule has 0 spiro atoms. The van der Waals surface area contributed by atoms with E-state index in [9.17, 15) is 4.79 Å². The van der Waals surface area contributed by atoms with E-state index in [1.165, 1.54) is 0 Å². The second-order valence-corrected chi connectivity index (χ2v) is 7.94. The number of hydrogen-bond donors (Lipinski definition) is 1. The Kier molecular flexibility index (Phi) is 5.06. The van der Waals surface area contributed by atoms with E-state index in [1.807, 2.05) is 30.5 Å². The van der Waals surface area contributed by atoms with Crippen LogP contribution in [0.4, 0.5) is 0 Å². The van der Waals surface area contributed by atoms with Crippen LogP contribution in [0.15, 0.2) is 0 Å². The molecule has 1 aliphatic heterocycles. The van der Waals surface area contributed by atoms with Crippen LogP contribution in [0.3, 0.4) is 0 Å². The summed E-state index contributed by atoms with van der Waals surface area (Å²) in [6.45, 7) is 9.90. The fourth-order valence-corrected chi connectivity index (χ4v) is 3.33. The van der Waals surface area contributed by atoms with Crippen molar-refractivity contribution < 1.29 is 4.79 Å². The summed E-state index contributed by atoms with van der Waals surface area (Å²) in [5, 5.41) is 0. The Bertz CT molecular complexity index is 344. The highest BCUT2D eigenvalue weighted by Gasteiger charge is 2.39. The van der Waals surface area contributed by atoms with Crippen LogP contribution in [-0.4, -0.2) is 39.4 Å². The maximum atomic E-state index is 12.6. The van der Waals surface area contributed by atoms with Crippen LogP contribution in [-0.2, 0) is 4.79 Å². The number of carbonyl (C=O) groups is 1. The first-order valence-corrected chi connectivity index (χ1v) is 7.85. The molecule has 1 rings (SSSR count). The molecule has 1 amide bonds. The molecule has 1 saturated heterocycles. The van der Waals surface area contributed by atoms with E-state index in [2.05, 4.69) is 13.8 Å². The molecule has 0 radical (unpaired) electrons. The fraction of sp³-hybridized carbons (Fsp3) is 0.846. The van der Waals surface area contributed by atoms with Gasteiger partial charge in [-0.25, -0.2) is 0 Å². The largest absolute Gasteiger partial charge is 0.392 e. The normalized spacial score (nSPS) is 23.0. The van der Waals surface area contributed by atoms with Crippen molar-refractivity contribution in [3.63, 3.8) is 0 Å². The van der Waals surface area contributed by atoms with Crippen LogP contribution in [0.1, 0.15) is 40.5 Å². The molecule has 18 heavy (non-hydrogen) atoms. The smallest absolute Gasteiger partial charge is 0.235 e. The van der Waals surface area contributed by atoms with Crippen molar-refractivity contribution in [3.8, 4) is 0 Å². The van der Waals surface area contributed by atoms with Gasteiger partial charge < -0.3 is 10.6 Å². The highest BCUT2D eigenvalue weighted by atomic mass is 32.2. The minimum absolute atomic E-state index is 0.0933. The first-order chi connectivity index (χ1) is 8.23. The van der Waals surface area contributed by atoms with Gasteiger partial charge in [-0.15, -0.1) is 0 Å². The van der Waals surface area contributed by atoms with Crippen LogP contribution in [0.5, 0.6) is 0 Å². The molecule has 1 heterocycles. The van der Waals surface area contributed by atoms with Crippen molar-refractivity contribution in [2.75, 3.05) is 18.8 Å². The molecule has 0 saturated carbocycles. The molecule has 0 aliphatic carbocycles. The Balaban J connectivity index is 2.81. The van der Waals surface area contributed by atoms with Gasteiger partial charge in [-0.2, -0.15) is 11.8 Å². The molecule has 0 aromatic rings. The lowest BCUT2D eigenvalue weighted by Crippen LogP contribution is -2.49. The second-order valence-electron chi connectivity index (χ2n) is 5.70. The highest BCUT2D eigenvalue weighted by molar-refractivity contribution is 8.00. The van der Waals surface area contributed by atoms with E-state index in [0.717, 1.165) is 25.3 Å². The van der Waals surface area contributed by atoms with Gasteiger partial charge in [-0.1, -0.05) is 33.0 Å². The predicted octanol–water partition coefficient (Wildman–Crippen LogP) is 2.43. The Morgan fingerprint density at radius 1 is 1.50 bits per heavy atom. The number of thiocarbonyl (C=S) groups is 1. The molecule has 3 nitrogen and oxygen atoms in total. The number of nitrogens with zero attached hydrogens (tertiary/aromatic N) is 1. The molecule has 1 aliphatic rings. The van der Waals surface area contributed by atoms with Gasteiger partial charge >= 0.3 is 0 Å². The van der Waals surface area contributed by atoms with Gasteiger partial charge in [0.15, 0.2) is 0 Å². The lowest BCUT2D eigenvalue weighted by molar-refractivity contribution is -0.137. The number of nitrogens with two attached hydrogens (primary N) is 1. The molecular weight excluding hydrogens is 264 g/mol. The van der Waals surface area contributed by atoms with Crippen LogP contribution >= 0.6 is 24.0 Å². The lowest BCUT2D eigenvalue weighted by atomic mass is 9.85. The van der Waals surface area contributed by atoms with Crippen molar-refractivity contribution in [2.45, 2.75) is 45.3 Å². The molecule has 0 bridgehead atoms. The number of hydrogen-bond acceptors (Lipinski definition) is 3. The van der Waals surface area contributed by atoms with Crippen molar-refractivity contribution in [2.24, 2.45) is 11.1 Å². The number of thioether (sulfide) groups is 1. The molecule has 0 aromatic heterocycles. The van der Waals surface area contributed by atoms with Crippen LogP contribution in [0, 0.1) is 5.41 Å². The van der Waals surface area contributed by atoms with E-state index in [1.54, 1.807) is 0 Å². The van der Waals surface area contributed by atoms with Crippen molar-refractivity contribution in [1.82, 2.24) is 4.90 Å². The average Bonchev–Trinajstić information content (AvgIpc) is 2.48. The van der Waals surface area contributed by atoms with E-state index < -0.39 is 5.41 Å². The number of rotatable bonds is 3. The Labute approximate surface area is 120 Å². The standard InChI is InChI=1S/C13H24N2OS2/c1-5-13(4,10(14)17)11(16)15-7-6-12(2,3)18-9-8-15/h5-9H2,1-4H3,(H2,14,17). The molecule has 1 fully saturated rings. The predicted molar refractivity (Wildman–Crippen MR) is 82.9 cm³/mol. The minimum Gasteiger partial charge on any atom is -0.392 e. The SMILES string of the molecule is CCC(C)(C(=O)N1CCSC(C)(C)CC1)C(N)=S. The summed E-state index contributed by atoms with van der Waals surface area (Å²) in [4.78, 5) is 14.9. The maximum Gasteiger partial charge on any atom is 0.235 e. The molecule has 5 heteroatoms. The van der Waals surface area contributed by atoms with E-state index in [-0.39, 0.29) is 10.7 Å². The summed E-state index contributed by atoms with van der Waals surface area (Å²) >= 11 is 7.01. The number of amides is 1. The minimum atomic E-state index is -0.686. The maximum absolute atomic E-state index is 12.6. The molecule has 1 unspecified atom stereocenters. The summed E-state index contributed by atoms with van der Waals surface area (Å²) in [5.41, 5.74) is 5.07. The average molecular weight is 288 g/mol. The van der Waals surface area contributed by atoms with Crippen LogP contribution in [0.2, 0.25) is 0 Å². The van der Waals surface area contributed by atoms with Crippen molar-refractivity contribution in [1.29, 1.82) is 0 Å². The first kappa shape index (κ1) is 15.8. The molecule has 1 atom stereocenters. The topological polar surface area (TPSA) is 46.3 Å². The third kappa shape index (κ3) is 3.38. The highest BCUT2D eigenvalue weighted by Crippen LogP contribution is 2.33. The molecule has 104 valence electrons. The lowest BCUT2D eigenvalue weighted by Gasteiger charge is -2.32. The molecule has 2 N–H and O–H groups in total. The first-order valence-electron chi connectivity index (χ1n) is 6.46. The summed E-state index contributed by atoms with van der Waals surface area (Å²) in [6.07, 6.45) is 1.68. The zero-order valence-electron chi connectivity index (χ0n) is 11.8. The van der Waals surface area contributed by atoms with Gasteiger partial charge in [0.2, 0.25) is 5.91 Å². The van der Waals surface area contributed by atoms with Crippen molar-refractivity contribution >= 4 is 34.9 Å². The fourth-order valence-electron chi connectivity index (χ4n) is 2.00. The monoisotopic (exact) mass is 288 g/mol. The van der Waals surface area contributed by atoms with Gasteiger partial charge in [-0.3, -0.25) is 4.79 Å². The number of carbonyl (C=O) groups excluding carboxylic acids is 1. The second kappa shape index (κ2) is 5.78. The Morgan fingerprint density at radius 2 is 2.11 bits per heavy atom. The van der Waals surface area contributed by atoms with Gasteiger partial charge in [0, 0.05) is 23.6 Å². The van der Waals surface area contributed by atoms with Crippen LogP contribution in [0.25, 0.3) is 0 Å². The third-order valence-electron chi connectivity index (χ3n) is 3.85. The van der Waals surface area contributed by atoms with Gasteiger partial charge in [0.1, 0.15) is 0 Å². The Hall–Kier alpha value is -0.290. The Morgan fingerprint density at radius 3 is 2.61 bits per heavy atom. The van der Waals surface area contributed by atoms with E-state index in [4.69, 9.17) is 18.0 Å². The van der Waals surface area contributed by atoms with Gasteiger partial charge in [-0.05, 0) is 19.8 Å². The van der Waals surface area contributed by atoms with Gasteiger partial charge in [0.25, 0.3) is 0 Å². The summed E-state index contributed by atoms with van der Waals surface area (Å²) < 4.78 is 0.251. The quantitative estimate of drug-likeness (QED) is 0.810. The van der Waals surface area contributed by atoms with Crippen LogP contribution < -0.4 is 5.73 Å². The van der Waals surface area contributed by atoms with Crippen molar-refractivity contribution in [3.05, 3.63) is 0 Å². The van der Waals surface area contributed by atoms with E-state index in [0.29, 0.717) is 11.4 Å². The third-order valence-corrected chi connectivity index (χ3v) is 5.67. The molecule has 0 aromatic carbocycles. The summed E-state index contributed by atoms with van der Waals surface area (Å²) in [7, 11) is 0. The van der Waals surface area contributed by atoms with Gasteiger partial charge in [0.05, 0.1) is 10.4 Å². The molecular formula is C13H24N2OS2. The summed E-state index contributed by atoms with van der Waals surface area (Å²) in [5.74, 6) is 1.08. The zero-order valence-corrected chi connectivity index (χ0v) is 13.4. The van der Waals surface area contributed by atoms with E-state index >= 15 is 0 Å².